The van der Waals surface area contributed by atoms with Gasteiger partial charge in [0.25, 0.3) is 5.91 Å². The van der Waals surface area contributed by atoms with E-state index in [1.165, 1.54) is 12.8 Å². The first kappa shape index (κ1) is 14.4. The molecule has 3 rings (SSSR count). The molecule has 0 spiro atoms. The minimum atomic E-state index is 0.000530. The summed E-state index contributed by atoms with van der Waals surface area (Å²) in [5.41, 5.74) is 0.691. The van der Waals surface area contributed by atoms with Crippen molar-refractivity contribution in [3.05, 3.63) is 29.8 Å². The zero-order chi connectivity index (χ0) is 14.5. The van der Waals surface area contributed by atoms with E-state index in [1.807, 2.05) is 24.3 Å². The zero-order valence-electron chi connectivity index (χ0n) is 12.4. The van der Waals surface area contributed by atoms with E-state index >= 15 is 0 Å². The molecule has 4 nitrogen and oxygen atoms in total. The van der Waals surface area contributed by atoms with Crippen LogP contribution in [0.15, 0.2) is 24.3 Å². The smallest absolute Gasteiger partial charge is 0.251 e. The summed E-state index contributed by atoms with van der Waals surface area (Å²) in [6.45, 7) is 1.92. The molecule has 1 aliphatic carbocycles. The van der Waals surface area contributed by atoms with Crippen LogP contribution in [0.2, 0.25) is 0 Å². The van der Waals surface area contributed by atoms with Gasteiger partial charge in [-0.05, 0) is 63.3 Å². The molecule has 4 heteroatoms. The minimum Gasteiger partial charge on any atom is -0.490 e. The monoisotopic (exact) mass is 288 g/mol. The summed E-state index contributed by atoms with van der Waals surface area (Å²) in [7, 11) is 0. The number of benzene rings is 1. The number of hydrogen-bond donors (Lipinski definition) is 2. The Bertz CT molecular complexity index is 477. The Morgan fingerprint density at radius 3 is 2.81 bits per heavy atom. The van der Waals surface area contributed by atoms with Crippen LogP contribution < -0.4 is 15.4 Å². The molecule has 1 saturated carbocycles. The van der Waals surface area contributed by atoms with Gasteiger partial charge in [0.1, 0.15) is 5.75 Å². The molecule has 1 aliphatic heterocycles. The van der Waals surface area contributed by atoms with Gasteiger partial charge in [0, 0.05) is 18.2 Å². The molecule has 2 fully saturated rings. The minimum absolute atomic E-state index is 0.000530. The van der Waals surface area contributed by atoms with Crippen molar-refractivity contribution >= 4 is 5.91 Å². The molecule has 0 aromatic heterocycles. The van der Waals surface area contributed by atoms with Crippen LogP contribution in [0.4, 0.5) is 0 Å². The lowest BCUT2D eigenvalue weighted by Gasteiger charge is -2.24. The van der Waals surface area contributed by atoms with E-state index in [4.69, 9.17) is 4.74 Å². The standard InChI is InChI=1S/C17H24N2O2/c20-17(19-14-6-4-10-18-12-14)13-5-3-9-16(11-13)21-15-7-1-2-8-15/h3,5,9,11,14-15,18H,1-2,4,6-8,10,12H2,(H,19,20). The highest BCUT2D eigenvalue weighted by Crippen LogP contribution is 2.24. The molecule has 2 aliphatic rings. The number of piperidine rings is 1. The maximum Gasteiger partial charge on any atom is 0.251 e. The summed E-state index contributed by atoms with van der Waals surface area (Å²) >= 11 is 0. The summed E-state index contributed by atoms with van der Waals surface area (Å²) in [5.74, 6) is 0.817. The van der Waals surface area contributed by atoms with Gasteiger partial charge < -0.3 is 15.4 Å². The summed E-state index contributed by atoms with van der Waals surface area (Å²) < 4.78 is 5.96. The average molecular weight is 288 g/mol. The molecule has 0 bridgehead atoms. The van der Waals surface area contributed by atoms with E-state index in [0.717, 1.165) is 44.5 Å². The molecular weight excluding hydrogens is 264 g/mol. The third-order valence-electron chi connectivity index (χ3n) is 4.33. The Balaban J connectivity index is 1.59. The lowest BCUT2D eigenvalue weighted by Crippen LogP contribution is -2.45. The summed E-state index contributed by atoms with van der Waals surface area (Å²) in [6.07, 6.45) is 7.26. The van der Waals surface area contributed by atoms with Gasteiger partial charge in [0.15, 0.2) is 0 Å². The van der Waals surface area contributed by atoms with Crippen molar-refractivity contribution in [1.29, 1.82) is 0 Å². The second-order valence-corrected chi connectivity index (χ2v) is 6.07. The number of rotatable bonds is 4. The van der Waals surface area contributed by atoms with E-state index < -0.39 is 0 Å². The van der Waals surface area contributed by atoms with Crippen LogP contribution in [0, 0.1) is 0 Å². The van der Waals surface area contributed by atoms with Gasteiger partial charge in [-0.3, -0.25) is 4.79 Å². The van der Waals surface area contributed by atoms with Gasteiger partial charge in [-0.1, -0.05) is 6.07 Å². The molecule has 1 aromatic rings. The molecule has 1 amide bonds. The fourth-order valence-electron chi connectivity index (χ4n) is 3.15. The molecule has 0 radical (unpaired) electrons. The number of carbonyl (C=O) groups is 1. The van der Waals surface area contributed by atoms with Crippen LogP contribution in [0.1, 0.15) is 48.9 Å². The number of carbonyl (C=O) groups excluding carboxylic acids is 1. The third-order valence-corrected chi connectivity index (χ3v) is 4.33. The molecule has 1 heterocycles. The van der Waals surface area contributed by atoms with Crippen LogP contribution in [0.5, 0.6) is 5.75 Å². The number of ether oxygens (including phenoxy) is 1. The highest BCUT2D eigenvalue weighted by atomic mass is 16.5. The first-order valence-electron chi connectivity index (χ1n) is 8.09. The lowest BCUT2D eigenvalue weighted by molar-refractivity contribution is 0.0930. The molecule has 2 N–H and O–H groups in total. The quantitative estimate of drug-likeness (QED) is 0.895. The molecule has 1 aromatic carbocycles. The Morgan fingerprint density at radius 1 is 1.19 bits per heavy atom. The number of nitrogens with one attached hydrogen (secondary N) is 2. The highest BCUT2D eigenvalue weighted by Gasteiger charge is 2.18. The topological polar surface area (TPSA) is 50.4 Å². The van der Waals surface area contributed by atoms with Gasteiger partial charge in [-0.25, -0.2) is 0 Å². The molecular formula is C17H24N2O2. The molecule has 1 unspecified atom stereocenters. The molecule has 1 saturated heterocycles. The number of amides is 1. The summed E-state index contributed by atoms with van der Waals surface area (Å²) in [4.78, 5) is 12.3. The van der Waals surface area contributed by atoms with E-state index in [9.17, 15) is 4.79 Å². The van der Waals surface area contributed by atoms with Crippen LogP contribution in [0.25, 0.3) is 0 Å². The largest absolute Gasteiger partial charge is 0.490 e. The van der Waals surface area contributed by atoms with Crippen molar-refractivity contribution in [3.8, 4) is 5.75 Å². The maximum atomic E-state index is 12.3. The van der Waals surface area contributed by atoms with Gasteiger partial charge in [0.2, 0.25) is 0 Å². The van der Waals surface area contributed by atoms with Gasteiger partial charge in [-0.15, -0.1) is 0 Å². The van der Waals surface area contributed by atoms with Crippen molar-refractivity contribution < 1.29 is 9.53 Å². The number of hydrogen-bond acceptors (Lipinski definition) is 3. The molecule has 114 valence electrons. The third kappa shape index (κ3) is 3.97. The molecule has 1 atom stereocenters. The summed E-state index contributed by atoms with van der Waals surface area (Å²) in [5, 5.41) is 6.41. The Morgan fingerprint density at radius 2 is 2.05 bits per heavy atom. The second kappa shape index (κ2) is 6.94. The Hall–Kier alpha value is -1.55. The van der Waals surface area contributed by atoms with Crippen LogP contribution in [0.3, 0.4) is 0 Å². The zero-order valence-corrected chi connectivity index (χ0v) is 12.4. The predicted octanol–water partition coefficient (Wildman–Crippen LogP) is 2.49. The van der Waals surface area contributed by atoms with Gasteiger partial charge in [0.05, 0.1) is 6.10 Å². The average Bonchev–Trinajstić information content (AvgIpc) is 3.01. The van der Waals surface area contributed by atoms with E-state index in [1.54, 1.807) is 0 Å². The first-order chi connectivity index (χ1) is 10.3. The lowest BCUT2D eigenvalue weighted by atomic mass is 10.1. The van der Waals surface area contributed by atoms with Crippen LogP contribution in [-0.2, 0) is 0 Å². The first-order valence-corrected chi connectivity index (χ1v) is 8.09. The van der Waals surface area contributed by atoms with Gasteiger partial charge in [-0.2, -0.15) is 0 Å². The fraction of sp³-hybridized carbons (Fsp3) is 0.588. The van der Waals surface area contributed by atoms with Crippen molar-refractivity contribution in [1.82, 2.24) is 10.6 Å². The van der Waals surface area contributed by atoms with Gasteiger partial charge >= 0.3 is 0 Å². The molecule has 21 heavy (non-hydrogen) atoms. The van der Waals surface area contributed by atoms with Crippen molar-refractivity contribution in [3.63, 3.8) is 0 Å². The summed E-state index contributed by atoms with van der Waals surface area (Å²) in [6, 6.07) is 7.80. The Labute approximate surface area is 126 Å². The van der Waals surface area contributed by atoms with E-state index in [2.05, 4.69) is 10.6 Å². The van der Waals surface area contributed by atoms with Crippen LogP contribution >= 0.6 is 0 Å². The second-order valence-electron chi connectivity index (χ2n) is 6.07. The van der Waals surface area contributed by atoms with E-state index in [-0.39, 0.29) is 11.9 Å². The normalized spacial score (nSPS) is 23.0. The van der Waals surface area contributed by atoms with Crippen molar-refractivity contribution in [2.24, 2.45) is 0 Å². The van der Waals surface area contributed by atoms with E-state index in [0.29, 0.717) is 11.7 Å². The maximum absolute atomic E-state index is 12.3. The van der Waals surface area contributed by atoms with Crippen molar-refractivity contribution in [2.75, 3.05) is 13.1 Å². The highest BCUT2D eigenvalue weighted by molar-refractivity contribution is 5.94. The predicted molar refractivity (Wildman–Crippen MR) is 82.7 cm³/mol. The van der Waals surface area contributed by atoms with Crippen molar-refractivity contribution in [2.45, 2.75) is 50.7 Å². The Kier molecular flexibility index (Phi) is 4.76. The van der Waals surface area contributed by atoms with Crippen LogP contribution in [-0.4, -0.2) is 31.1 Å². The SMILES string of the molecule is O=C(NC1CCCNC1)c1cccc(OC2CCCC2)c1. The fourth-order valence-corrected chi connectivity index (χ4v) is 3.15.